The van der Waals surface area contributed by atoms with Crippen LogP contribution in [-0.2, 0) is 6.54 Å². The van der Waals surface area contributed by atoms with Crippen molar-refractivity contribution >= 4 is 0 Å². The van der Waals surface area contributed by atoms with E-state index in [1.54, 1.807) is 12.4 Å². The highest BCUT2D eigenvalue weighted by Gasteiger charge is 2.06. The summed E-state index contributed by atoms with van der Waals surface area (Å²) in [6.45, 7) is 8.14. The summed E-state index contributed by atoms with van der Waals surface area (Å²) >= 11 is 0. The van der Waals surface area contributed by atoms with Crippen molar-refractivity contribution in [2.45, 2.75) is 39.8 Å². The maximum atomic E-state index is 5.73. The molecule has 1 N–H and O–H groups in total. The third-order valence-corrected chi connectivity index (χ3v) is 3.01. The van der Waals surface area contributed by atoms with Gasteiger partial charge in [-0.2, -0.15) is 5.10 Å². The van der Waals surface area contributed by atoms with E-state index in [1.807, 2.05) is 23.0 Å². The first-order chi connectivity index (χ1) is 9.72. The maximum Gasteiger partial charge on any atom is 0.165 e. The highest BCUT2D eigenvalue weighted by molar-refractivity contribution is 5.27. The normalized spacial score (nSPS) is 12.3. The molecule has 2 rings (SSSR count). The fourth-order valence-corrected chi connectivity index (χ4v) is 2.00. The summed E-state index contributed by atoms with van der Waals surface area (Å²) in [5.41, 5.74) is 1.01. The zero-order chi connectivity index (χ0) is 14.4. The van der Waals surface area contributed by atoms with Crippen molar-refractivity contribution in [2.24, 2.45) is 0 Å². The largest absolute Gasteiger partial charge is 0.452 e. The number of aryl methyl sites for hydroxylation is 1. The van der Waals surface area contributed by atoms with Crippen LogP contribution in [0.4, 0.5) is 0 Å². The van der Waals surface area contributed by atoms with E-state index in [-0.39, 0.29) is 6.04 Å². The van der Waals surface area contributed by atoms with E-state index >= 15 is 0 Å². The second-order valence-corrected chi connectivity index (χ2v) is 4.74. The van der Waals surface area contributed by atoms with Crippen LogP contribution in [0.15, 0.2) is 30.7 Å². The lowest BCUT2D eigenvalue weighted by atomic mass is 10.2. The number of hydrogen-bond donors (Lipinski definition) is 1. The molecule has 0 bridgehead atoms. The zero-order valence-corrected chi connectivity index (χ0v) is 12.3. The maximum absolute atomic E-state index is 5.73. The van der Waals surface area contributed by atoms with Crippen molar-refractivity contribution in [2.75, 3.05) is 6.54 Å². The molecule has 5 heteroatoms. The van der Waals surface area contributed by atoms with Crippen LogP contribution in [0.3, 0.4) is 0 Å². The Bertz CT molecular complexity index is 521. The van der Waals surface area contributed by atoms with E-state index in [2.05, 4.69) is 36.2 Å². The lowest BCUT2D eigenvalue weighted by Crippen LogP contribution is -2.18. The molecule has 2 aromatic rings. The number of aromatic nitrogens is 3. The molecule has 108 valence electrons. The molecule has 1 atom stereocenters. The highest BCUT2D eigenvalue weighted by Crippen LogP contribution is 2.21. The fourth-order valence-electron chi connectivity index (χ4n) is 2.00. The van der Waals surface area contributed by atoms with Crippen LogP contribution in [0.5, 0.6) is 11.5 Å². The molecule has 20 heavy (non-hydrogen) atoms. The summed E-state index contributed by atoms with van der Waals surface area (Å²) in [4.78, 5) is 4.42. The smallest absolute Gasteiger partial charge is 0.165 e. The molecule has 1 unspecified atom stereocenters. The minimum atomic E-state index is 0.251. The van der Waals surface area contributed by atoms with Crippen LogP contribution in [-0.4, -0.2) is 21.3 Å². The van der Waals surface area contributed by atoms with Gasteiger partial charge in [0.25, 0.3) is 0 Å². The van der Waals surface area contributed by atoms with E-state index < -0.39 is 0 Å². The van der Waals surface area contributed by atoms with Crippen LogP contribution in [0, 0.1) is 0 Å². The van der Waals surface area contributed by atoms with Gasteiger partial charge in [-0.25, -0.2) is 0 Å². The molecule has 0 aliphatic rings. The van der Waals surface area contributed by atoms with Crippen molar-refractivity contribution in [3.8, 4) is 11.5 Å². The Labute approximate surface area is 120 Å². The molecule has 0 amide bonds. The van der Waals surface area contributed by atoms with Gasteiger partial charge in [0.05, 0.1) is 24.3 Å². The number of nitrogens with zero attached hydrogens (tertiary/aromatic N) is 3. The van der Waals surface area contributed by atoms with Crippen molar-refractivity contribution in [3.05, 3.63) is 36.4 Å². The Balaban J connectivity index is 1.99. The van der Waals surface area contributed by atoms with Gasteiger partial charge in [0, 0.05) is 12.6 Å². The highest BCUT2D eigenvalue weighted by atomic mass is 16.5. The fraction of sp³-hybridized carbons (Fsp3) is 0.467. The van der Waals surface area contributed by atoms with Crippen LogP contribution in [0.25, 0.3) is 0 Å². The number of rotatable bonds is 7. The number of pyridine rings is 1. The molecule has 2 aromatic heterocycles. The SMILES string of the molecule is CCCn1cc(Oc2ccc(C(C)NCC)nc2)cn1. The molecule has 5 nitrogen and oxygen atoms in total. The predicted molar refractivity (Wildman–Crippen MR) is 78.9 cm³/mol. The predicted octanol–water partition coefficient (Wildman–Crippen LogP) is 3.15. The first-order valence-corrected chi connectivity index (χ1v) is 7.12. The van der Waals surface area contributed by atoms with Crippen LogP contribution in [0.2, 0.25) is 0 Å². The topological polar surface area (TPSA) is 52.0 Å². The van der Waals surface area contributed by atoms with Crippen molar-refractivity contribution in [1.82, 2.24) is 20.1 Å². The number of ether oxygens (including phenoxy) is 1. The monoisotopic (exact) mass is 274 g/mol. The van der Waals surface area contributed by atoms with Gasteiger partial charge in [0.15, 0.2) is 5.75 Å². The van der Waals surface area contributed by atoms with Gasteiger partial charge in [-0.15, -0.1) is 0 Å². The van der Waals surface area contributed by atoms with Gasteiger partial charge in [-0.05, 0) is 32.0 Å². The third-order valence-electron chi connectivity index (χ3n) is 3.01. The summed E-state index contributed by atoms with van der Waals surface area (Å²) in [5.74, 6) is 1.47. The minimum absolute atomic E-state index is 0.251. The molecule has 0 radical (unpaired) electrons. The quantitative estimate of drug-likeness (QED) is 0.842. The van der Waals surface area contributed by atoms with Crippen LogP contribution < -0.4 is 10.1 Å². The second-order valence-electron chi connectivity index (χ2n) is 4.74. The minimum Gasteiger partial charge on any atom is -0.452 e. The van der Waals surface area contributed by atoms with E-state index in [0.29, 0.717) is 0 Å². The number of nitrogens with one attached hydrogen (secondary N) is 1. The summed E-state index contributed by atoms with van der Waals surface area (Å²) in [6.07, 6.45) is 6.43. The van der Waals surface area contributed by atoms with E-state index in [9.17, 15) is 0 Å². The Morgan fingerprint density at radius 1 is 1.25 bits per heavy atom. The van der Waals surface area contributed by atoms with Gasteiger partial charge in [0.1, 0.15) is 5.75 Å². The molecular weight excluding hydrogens is 252 g/mol. The molecule has 0 spiro atoms. The average molecular weight is 274 g/mol. The molecule has 2 heterocycles. The summed E-state index contributed by atoms with van der Waals surface area (Å²) in [7, 11) is 0. The van der Waals surface area contributed by atoms with Gasteiger partial charge in [0.2, 0.25) is 0 Å². The molecule has 0 aliphatic heterocycles. The van der Waals surface area contributed by atoms with E-state index in [0.717, 1.165) is 36.7 Å². The molecular formula is C15H22N4O. The summed E-state index contributed by atoms with van der Waals surface area (Å²) in [6, 6.07) is 4.17. The lowest BCUT2D eigenvalue weighted by molar-refractivity contribution is 0.476. The first kappa shape index (κ1) is 14.5. The van der Waals surface area contributed by atoms with Gasteiger partial charge in [-0.3, -0.25) is 9.67 Å². The Kier molecular flexibility index (Phi) is 5.12. The Morgan fingerprint density at radius 3 is 2.75 bits per heavy atom. The van der Waals surface area contributed by atoms with Crippen molar-refractivity contribution < 1.29 is 4.74 Å². The standard InChI is InChI=1S/C15H22N4O/c1-4-8-19-11-14(10-18-19)20-13-6-7-15(17-9-13)12(3)16-5-2/h6-7,9-12,16H,4-5,8H2,1-3H3. The molecule has 0 aromatic carbocycles. The number of hydrogen-bond acceptors (Lipinski definition) is 4. The molecule has 0 saturated carbocycles. The van der Waals surface area contributed by atoms with Gasteiger partial charge >= 0.3 is 0 Å². The first-order valence-electron chi connectivity index (χ1n) is 7.12. The molecule has 0 aliphatic carbocycles. The lowest BCUT2D eigenvalue weighted by Gasteiger charge is -2.11. The van der Waals surface area contributed by atoms with Gasteiger partial charge < -0.3 is 10.1 Å². The van der Waals surface area contributed by atoms with Gasteiger partial charge in [-0.1, -0.05) is 13.8 Å². The molecule has 0 fully saturated rings. The van der Waals surface area contributed by atoms with Crippen molar-refractivity contribution in [3.63, 3.8) is 0 Å². The Morgan fingerprint density at radius 2 is 2.10 bits per heavy atom. The average Bonchev–Trinajstić information content (AvgIpc) is 2.88. The zero-order valence-electron chi connectivity index (χ0n) is 12.3. The van der Waals surface area contributed by atoms with Crippen LogP contribution >= 0.6 is 0 Å². The summed E-state index contributed by atoms with van der Waals surface area (Å²) < 4.78 is 7.61. The van der Waals surface area contributed by atoms with E-state index in [1.165, 1.54) is 0 Å². The van der Waals surface area contributed by atoms with E-state index in [4.69, 9.17) is 4.74 Å². The van der Waals surface area contributed by atoms with Crippen LogP contribution in [0.1, 0.15) is 38.9 Å². The van der Waals surface area contributed by atoms with Crippen molar-refractivity contribution in [1.29, 1.82) is 0 Å². The Hall–Kier alpha value is -1.88. The second kappa shape index (κ2) is 7.05. The summed E-state index contributed by atoms with van der Waals surface area (Å²) in [5, 5.41) is 7.57. The molecule has 0 saturated heterocycles. The third kappa shape index (κ3) is 3.81.